The number of hydrogen-bond donors (Lipinski definition) is 2. The summed E-state index contributed by atoms with van der Waals surface area (Å²) in [6.45, 7) is 2.61. The van der Waals surface area contributed by atoms with Crippen LogP contribution in [0, 0.1) is 5.82 Å². The molecule has 0 saturated carbocycles. The van der Waals surface area contributed by atoms with E-state index in [2.05, 4.69) is 4.98 Å². The van der Waals surface area contributed by atoms with Gasteiger partial charge < -0.3 is 10.7 Å². The van der Waals surface area contributed by atoms with Crippen molar-refractivity contribution in [2.75, 3.05) is 6.54 Å². The molecule has 2 nitrogen and oxygen atoms in total. The lowest BCUT2D eigenvalue weighted by molar-refractivity contribution is 0.629. The predicted octanol–water partition coefficient (Wildman–Crippen LogP) is 2.79. The first kappa shape index (κ1) is 12.0. The molecule has 1 heterocycles. The minimum atomic E-state index is -0.206. The van der Waals surface area contributed by atoms with Crippen molar-refractivity contribution >= 4 is 23.3 Å². The number of benzene rings is 1. The molecular weight excluding hydrogens is 215 g/mol. The highest BCUT2D eigenvalue weighted by atomic mass is 35.5. The normalized spacial score (nSPS) is 12.5. The standard InChI is InChI=1S/C11H13FN2.ClH/c1-7(5-13)10-6-14-11-3-2-8(12)4-9(10)11;/h2-4,6-7,14H,5,13H2,1H3;1H. The van der Waals surface area contributed by atoms with Crippen LogP contribution < -0.4 is 5.73 Å². The lowest BCUT2D eigenvalue weighted by atomic mass is 10.0. The molecule has 0 aliphatic heterocycles. The molecule has 0 aliphatic rings. The third kappa shape index (κ3) is 2.13. The van der Waals surface area contributed by atoms with Gasteiger partial charge in [0.05, 0.1) is 0 Å². The van der Waals surface area contributed by atoms with Gasteiger partial charge in [0.25, 0.3) is 0 Å². The van der Waals surface area contributed by atoms with E-state index in [-0.39, 0.29) is 24.1 Å². The van der Waals surface area contributed by atoms with Crippen molar-refractivity contribution < 1.29 is 4.39 Å². The zero-order chi connectivity index (χ0) is 10.1. The molecule has 1 unspecified atom stereocenters. The van der Waals surface area contributed by atoms with E-state index < -0.39 is 0 Å². The Morgan fingerprint density at radius 2 is 2.20 bits per heavy atom. The van der Waals surface area contributed by atoms with Gasteiger partial charge in [-0.15, -0.1) is 12.4 Å². The van der Waals surface area contributed by atoms with Crippen molar-refractivity contribution in [3.8, 4) is 0 Å². The summed E-state index contributed by atoms with van der Waals surface area (Å²) >= 11 is 0. The molecule has 0 fully saturated rings. The number of aromatic nitrogens is 1. The molecule has 2 rings (SSSR count). The molecule has 1 aromatic carbocycles. The summed E-state index contributed by atoms with van der Waals surface area (Å²) in [7, 11) is 0. The van der Waals surface area contributed by atoms with Crippen LogP contribution in [-0.2, 0) is 0 Å². The molecule has 0 saturated heterocycles. The molecule has 0 aliphatic carbocycles. The maximum Gasteiger partial charge on any atom is 0.123 e. The molecule has 2 aromatic rings. The SMILES string of the molecule is CC(CN)c1c[nH]c2ccc(F)cc12.Cl. The van der Waals surface area contributed by atoms with Crippen LogP contribution in [0.3, 0.4) is 0 Å². The molecule has 4 heteroatoms. The van der Waals surface area contributed by atoms with Crippen LogP contribution >= 0.6 is 12.4 Å². The maximum absolute atomic E-state index is 13.0. The Hall–Kier alpha value is -1.06. The minimum absolute atomic E-state index is 0. The number of rotatable bonds is 2. The minimum Gasteiger partial charge on any atom is -0.361 e. The predicted molar refractivity (Wildman–Crippen MR) is 63.0 cm³/mol. The number of H-pyrrole nitrogens is 1. The van der Waals surface area contributed by atoms with Crippen LogP contribution in [-0.4, -0.2) is 11.5 Å². The summed E-state index contributed by atoms with van der Waals surface area (Å²) in [6.07, 6.45) is 1.90. The Kier molecular flexibility index (Phi) is 3.72. The van der Waals surface area contributed by atoms with Crippen molar-refractivity contribution in [3.63, 3.8) is 0 Å². The molecule has 1 atom stereocenters. The highest BCUT2D eigenvalue weighted by molar-refractivity contribution is 5.85. The quantitative estimate of drug-likeness (QED) is 0.816. The van der Waals surface area contributed by atoms with Gasteiger partial charge in [0, 0.05) is 17.1 Å². The van der Waals surface area contributed by atoms with Gasteiger partial charge in [0.15, 0.2) is 0 Å². The van der Waals surface area contributed by atoms with Crippen LogP contribution in [0.15, 0.2) is 24.4 Å². The number of nitrogens with two attached hydrogens (primary N) is 1. The summed E-state index contributed by atoms with van der Waals surface area (Å²) in [5.41, 5.74) is 7.63. The molecule has 3 N–H and O–H groups in total. The Balaban J connectivity index is 0.00000112. The Morgan fingerprint density at radius 1 is 1.47 bits per heavy atom. The highest BCUT2D eigenvalue weighted by Gasteiger charge is 2.09. The van der Waals surface area contributed by atoms with Gasteiger partial charge in [-0.25, -0.2) is 4.39 Å². The molecule has 82 valence electrons. The number of aromatic amines is 1. The van der Waals surface area contributed by atoms with Gasteiger partial charge in [-0.1, -0.05) is 6.92 Å². The van der Waals surface area contributed by atoms with Crippen molar-refractivity contribution in [2.45, 2.75) is 12.8 Å². The number of fused-ring (bicyclic) bond motifs is 1. The average Bonchev–Trinajstić information content (AvgIpc) is 2.59. The fraction of sp³-hybridized carbons (Fsp3) is 0.273. The van der Waals surface area contributed by atoms with Crippen molar-refractivity contribution in [1.29, 1.82) is 0 Å². The molecule has 1 aromatic heterocycles. The van der Waals surface area contributed by atoms with Crippen molar-refractivity contribution in [1.82, 2.24) is 4.98 Å². The topological polar surface area (TPSA) is 41.8 Å². The second kappa shape index (κ2) is 4.64. The van der Waals surface area contributed by atoms with Gasteiger partial charge in [-0.05, 0) is 36.2 Å². The van der Waals surface area contributed by atoms with Crippen LogP contribution in [0.2, 0.25) is 0 Å². The summed E-state index contributed by atoms with van der Waals surface area (Å²) < 4.78 is 13.0. The molecule has 0 bridgehead atoms. The van der Waals surface area contributed by atoms with Gasteiger partial charge in [0.1, 0.15) is 5.82 Å². The van der Waals surface area contributed by atoms with Crippen LogP contribution in [0.1, 0.15) is 18.4 Å². The van der Waals surface area contributed by atoms with E-state index >= 15 is 0 Å². The first-order valence-corrected chi connectivity index (χ1v) is 4.69. The fourth-order valence-corrected chi connectivity index (χ4v) is 1.65. The van der Waals surface area contributed by atoms with Crippen LogP contribution in [0.4, 0.5) is 4.39 Å². The van der Waals surface area contributed by atoms with Gasteiger partial charge in [-0.2, -0.15) is 0 Å². The van der Waals surface area contributed by atoms with Gasteiger partial charge in [-0.3, -0.25) is 0 Å². The second-order valence-corrected chi connectivity index (χ2v) is 3.57. The Labute approximate surface area is 94.1 Å². The summed E-state index contributed by atoms with van der Waals surface area (Å²) in [4.78, 5) is 3.11. The maximum atomic E-state index is 13.0. The largest absolute Gasteiger partial charge is 0.361 e. The Bertz CT molecular complexity index is 453. The van der Waals surface area contributed by atoms with Gasteiger partial charge >= 0.3 is 0 Å². The third-order valence-corrected chi connectivity index (χ3v) is 2.56. The first-order chi connectivity index (χ1) is 6.72. The van der Waals surface area contributed by atoms with E-state index in [9.17, 15) is 4.39 Å². The van der Waals surface area contributed by atoms with Crippen LogP contribution in [0.5, 0.6) is 0 Å². The molecule has 0 radical (unpaired) electrons. The zero-order valence-electron chi connectivity index (χ0n) is 8.46. The van der Waals surface area contributed by atoms with Gasteiger partial charge in [0.2, 0.25) is 0 Å². The number of nitrogens with one attached hydrogen (secondary N) is 1. The Morgan fingerprint density at radius 3 is 2.87 bits per heavy atom. The lowest BCUT2D eigenvalue weighted by Gasteiger charge is -2.06. The van der Waals surface area contributed by atoms with Crippen LogP contribution in [0.25, 0.3) is 10.9 Å². The van der Waals surface area contributed by atoms with Crippen molar-refractivity contribution in [2.24, 2.45) is 5.73 Å². The van der Waals surface area contributed by atoms with E-state index in [0.29, 0.717) is 6.54 Å². The highest BCUT2D eigenvalue weighted by Crippen LogP contribution is 2.25. The summed E-state index contributed by atoms with van der Waals surface area (Å²) in [5.74, 6) is 0.0492. The van der Waals surface area contributed by atoms with E-state index in [1.807, 2.05) is 13.1 Å². The summed E-state index contributed by atoms with van der Waals surface area (Å²) in [5, 5.41) is 0.933. The monoisotopic (exact) mass is 228 g/mol. The molecule has 15 heavy (non-hydrogen) atoms. The first-order valence-electron chi connectivity index (χ1n) is 4.69. The molecular formula is C11H14ClFN2. The van der Waals surface area contributed by atoms with Crippen molar-refractivity contribution in [3.05, 3.63) is 35.8 Å². The molecule has 0 spiro atoms. The van der Waals surface area contributed by atoms with E-state index in [1.54, 1.807) is 12.1 Å². The zero-order valence-corrected chi connectivity index (χ0v) is 9.27. The lowest BCUT2D eigenvalue weighted by Crippen LogP contribution is -2.08. The average molecular weight is 229 g/mol. The smallest absolute Gasteiger partial charge is 0.123 e. The summed E-state index contributed by atoms with van der Waals surface area (Å²) in [6, 6.07) is 4.75. The molecule has 0 amide bonds. The van der Waals surface area contributed by atoms with E-state index in [1.165, 1.54) is 6.07 Å². The van der Waals surface area contributed by atoms with E-state index in [4.69, 9.17) is 5.73 Å². The number of hydrogen-bond acceptors (Lipinski definition) is 1. The third-order valence-electron chi connectivity index (χ3n) is 2.56. The van der Waals surface area contributed by atoms with E-state index in [0.717, 1.165) is 16.5 Å². The second-order valence-electron chi connectivity index (χ2n) is 3.57. The fourth-order valence-electron chi connectivity index (χ4n) is 1.65. The number of halogens is 2.